The molecule has 7 heteroatoms. The smallest absolute Gasteiger partial charge is 0.409 e. The minimum atomic E-state index is -0.245. The van der Waals surface area contributed by atoms with Crippen LogP contribution < -0.4 is 10.6 Å². The molecule has 28 heavy (non-hydrogen) atoms. The van der Waals surface area contributed by atoms with E-state index in [0.717, 1.165) is 25.3 Å². The third-order valence-electron chi connectivity index (χ3n) is 4.90. The van der Waals surface area contributed by atoms with Crippen LogP contribution in [0.4, 0.5) is 4.79 Å². The molecule has 0 radical (unpaired) electrons. The molecule has 2 N–H and O–H groups in total. The van der Waals surface area contributed by atoms with E-state index < -0.39 is 0 Å². The number of methoxy groups -OCH3 is 1. The summed E-state index contributed by atoms with van der Waals surface area (Å²) in [7, 11) is 1.43. The lowest BCUT2D eigenvalue weighted by atomic mass is 10.0. The van der Waals surface area contributed by atoms with Crippen molar-refractivity contribution in [2.45, 2.75) is 32.4 Å². The number of carbonyl (C=O) groups excluding carboxylic acids is 1. The summed E-state index contributed by atoms with van der Waals surface area (Å²) >= 11 is 0. The molecule has 0 unspecified atom stereocenters. The summed E-state index contributed by atoms with van der Waals surface area (Å²) in [6.07, 6.45) is 1.52. The van der Waals surface area contributed by atoms with E-state index in [2.05, 4.69) is 60.0 Å². The number of fused-ring (bicyclic) bond motifs is 1. The highest BCUT2D eigenvalue weighted by Crippen LogP contribution is 2.19. The van der Waals surface area contributed by atoms with Crippen molar-refractivity contribution in [2.24, 2.45) is 4.99 Å². The molecule has 1 saturated heterocycles. The third-order valence-corrected chi connectivity index (χ3v) is 4.90. The second kappa shape index (κ2) is 11.1. The van der Waals surface area contributed by atoms with E-state index >= 15 is 0 Å². The van der Waals surface area contributed by atoms with Gasteiger partial charge in [0.2, 0.25) is 0 Å². The SMILES string of the molecule is CCNC(=NCc1cccc2ccccc12)NC1CCN(C(=O)OC)CC1.I. The topological polar surface area (TPSA) is 66.0 Å². The Morgan fingerprint density at radius 1 is 1.18 bits per heavy atom. The van der Waals surface area contributed by atoms with Gasteiger partial charge in [0.25, 0.3) is 0 Å². The number of amides is 1. The molecular formula is C21H29IN4O2. The molecule has 6 nitrogen and oxygen atoms in total. The molecule has 1 heterocycles. The standard InChI is InChI=1S/C21H28N4O2.HI/c1-3-22-20(24-18-11-13-25(14-12-18)21(26)27-2)23-15-17-9-6-8-16-7-4-5-10-19(16)17;/h4-10,18H,3,11-15H2,1-2H3,(H2,22,23,24);1H. The molecule has 0 saturated carbocycles. The van der Waals surface area contributed by atoms with Crippen molar-refractivity contribution in [3.63, 3.8) is 0 Å². The number of nitrogens with zero attached hydrogens (tertiary/aromatic N) is 2. The van der Waals surface area contributed by atoms with Crippen LogP contribution in [0.15, 0.2) is 47.5 Å². The molecule has 0 aromatic heterocycles. The molecule has 2 aromatic rings. The summed E-state index contributed by atoms with van der Waals surface area (Å²) in [5, 5.41) is 9.32. The van der Waals surface area contributed by atoms with Gasteiger partial charge >= 0.3 is 6.09 Å². The maximum absolute atomic E-state index is 11.6. The second-order valence-electron chi connectivity index (χ2n) is 6.71. The highest BCUT2D eigenvalue weighted by Gasteiger charge is 2.23. The average molecular weight is 496 g/mol. The first-order chi connectivity index (χ1) is 13.2. The Labute approximate surface area is 183 Å². The first-order valence-corrected chi connectivity index (χ1v) is 9.55. The normalized spacial score (nSPS) is 15.1. The number of rotatable bonds is 4. The zero-order valence-corrected chi connectivity index (χ0v) is 18.8. The van der Waals surface area contributed by atoms with Gasteiger partial charge in [0, 0.05) is 25.7 Å². The Kier molecular flexibility index (Phi) is 8.82. The van der Waals surface area contributed by atoms with E-state index in [9.17, 15) is 4.79 Å². The Balaban J connectivity index is 0.00000280. The summed E-state index contributed by atoms with van der Waals surface area (Å²) in [5.74, 6) is 0.821. The fraction of sp³-hybridized carbons (Fsp3) is 0.429. The Morgan fingerprint density at radius 3 is 2.61 bits per heavy atom. The van der Waals surface area contributed by atoms with Crippen LogP contribution in [0.5, 0.6) is 0 Å². The van der Waals surface area contributed by atoms with Crippen LogP contribution in [-0.2, 0) is 11.3 Å². The number of carbonyl (C=O) groups is 1. The fourth-order valence-electron chi connectivity index (χ4n) is 3.44. The van der Waals surface area contributed by atoms with Gasteiger partial charge in [0.05, 0.1) is 13.7 Å². The van der Waals surface area contributed by atoms with Crippen LogP contribution in [0.25, 0.3) is 10.8 Å². The molecule has 152 valence electrons. The summed E-state index contributed by atoms with van der Waals surface area (Å²) in [6.45, 7) is 4.90. The van der Waals surface area contributed by atoms with Crippen molar-refractivity contribution in [3.05, 3.63) is 48.0 Å². The zero-order valence-electron chi connectivity index (χ0n) is 16.5. The van der Waals surface area contributed by atoms with Crippen molar-refractivity contribution in [2.75, 3.05) is 26.7 Å². The maximum atomic E-state index is 11.6. The second-order valence-corrected chi connectivity index (χ2v) is 6.71. The molecular weight excluding hydrogens is 467 g/mol. The molecule has 1 amide bonds. The molecule has 1 aliphatic heterocycles. The number of aliphatic imine (C=N–C) groups is 1. The van der Waals surface area contributed by atoms with Crippen molar-refractivity contribution < 1.29 is 9.53 Å². The quantitative estimate of drug-likeness (QED) is 0.385. The molecule has 0 spiro atoms. The van der Waals surface area contributed by atoms with Gasteiger partial charge in [-0.2, -0.15) is 0 Å². The number of hydrogen-bond acceptors (Lipinski definition) is 3. The largest absolute Gasteiger partial charge is 0.453 e. The minimum absolute atomic E-state index is 0. The minimum Gasteiger partial charge on any atom is -0.453 e. The van der Waals surface area contributed by atoms with Crippen molar-refractivity contribution in [1.29, 1.82) is 0 Å². The molecule has 0 atom stereocenters. The third kappa shape index (κ3) is 5.73. The van der Waals surface area contributed by atoms with Gasteiger partial charge < -0.3 is 20.3 Å². The van der Waals surface area contributed by atoms with Gasteiger partial charge in [-0.15, -0.1) is 24.0 Å². The van der Waals surface area contributed by atoms with Crippen LogP contribution in [0.2, 0.25) is 0 Å². The monoisotopic (exact) mass is 496 g/mol. The molecule has 1 aliphatic rings. The summed E-state index contributed by atoms with van der Waals surface area (Å²) in [5.41, 5.74) is 1.21. The summed E-state index contributed by atoms with van der Waals surface area (Å²) in [6, 6.07) is 15.0. The lowest BCUT2D eigenvalue weighted by molar-refractivity contribution is 0.111. The van der Waals surface area contributed by atoms with E-state index in [0.29, 0.717) is 25.7 Å². The number of hydrogen-bond donors (Lipinski definition) is 2. The lowest BCUT2D eigenvalue weighted by Crippen LogP contribution is -2.49. The zero-order chi connectivity index (χ0) is 19.1. The maximum Gasteiger partial charge on any atom is 0.409 e. The van der Waals surface area contributed by atoms with Crippen molar-refractivity contribution >= 4 is 46.8 Å². The van der Waals surface area contributed by atoms with Gasteiger partial charge in [-0.1, -0.05) is 42.5 Å². The van der Waals surface area contributed by atoms with E-state index in [1.165, 1.54) is 23.4 Å². The number of halogens is 1. The van der Waals surface area contributed by atoms with Crippen LogP contribution in [-0.4, -0.2) is 49.7 Å². The van der Waals surface area contributed by atoms with Crippen LogP contribution in [0.1, 0.15) is 25.3 Å². The number of benzene rings is 2. The molecule has 2 aromatic carbocycles. The van der Waals surface area contributed by atoms with E-state index in [1.807, 2.05) is 0 Å². The first-order valence-electron chi connectivity index (χ1n) is 9.55. The van der Waals surface area contributed by atoms with Gasteiger partial charge in [-0.05, 0) is 36.1 Å². The number of guanidine groups is 1. The van der Waals surface area contributed by atoms with E-state index in [4.69, 9.17) is 9.73 Å². The highest BCUT2D eigenvalue weighted by atomic mass is 127. The van der Waals surface area contributed by atoms with Crippen LogP contribution in [0.3, 0.4) is 0 Å². The van der Waals surface area contributed by atoms with Crippen LogP contribution >= 0.6 is 24.0 Å². The first kappa shape index (κ1) is 22.3. The summed E-state index contributed by atoms with van der Waals surface area (Å²) < 4.78 is 4.80. The van der Waals surface area contributed by atoms with Gasteiger partial charge in [0.15, 0.2) is 5.96 Å². The molecule has 1 fully saturated rings. The Morgan fingerprint density at radius 2 is 1.89 bits per heavy atom. The Hall–Kier alpha value is -2.03. The van der Waals surface area contributed by atoms with E-state index in [1.54, 1.807) is 4.90 Å². The van der Waals surface area contributed by atoms with Gasteiger partial charge in [-0.3, -0.25) is 0 Å². The van der Waals surface area contributed by atoms with Gasteiger partial charge in [-0.25, -0.2) is 9.79 Å². The number of likely N-dealkylation sites (tertiary alicyclic amines) is 1. The summed E-state index contributed by atoms with van der Waals surface area (Å²) in [4.78, 5) is 18.1. The highest BCUT2D eigenvalue weighted by molar-refractivity contribution is 14.0. The Bertz CT molecular complexity index is 799. The molecule has 3 rings (SSSR count). The molecule has 0 aliphatic carbocycles. The predicted molar refractivity (Wildman–Crippen MR) is 124 cm³/mol. The predicted octanol–water partition coefficient (Wildman–Crippen LogP) is 3.74. The van der Waals surface area contributed by atoms with Gasteiger partial charge in [0.1, 0.15) is 0 Å². The lowest BCUT2D eigenvalue weighted by Gasteiger charge is -2.32. The van der Waals surface area contributed by atoms with Crippen LogP contribution in [0, 0.1) is 0 Å². The number of piperidine rings is 1. The number of nitrogens with one attached hydrogen (secondary N) is 2. The van der Waals surface area contributed by atoms with Crippen molar-refractivity contribution in [3.8, 4) is 0 Å². The average Bonchev–Trinajstić information content (AvgIpc) is 2.72. The number of ether oxygens (including phenoxy) is 1. The fourth-order valence-corrected chi connectivity index (χ4v) is 3.44. The van der Waals surface area contributed by atoms with E-state index in [-0.39, 0.29) is 30.1 Å². The van der Waals surface area contributed by atoms with Crippen molar-refractivity contribution in [1.82, 2.24) is 15.5 Å². The molecule has 0 bridgehead atoms.